The van der Waals surface area contributed by atoms with E-state index < -0.39 is 0 Å². The highest BCUT2D eigenvalue weighted by Gasteiger charge is 2.12. The summed E-state index contributed by atoms with van der Waals surface area (Å²) >= 11 is 0. The molecular weight excluding hydrogens is 122 g/mol. The molecule has 1 aliphatic carbocycles. The van der Waals surface area contributed by atoms with Crippen LogP contribution < -0.4 is 0 Å². The molecule has 2 rings (SSSR count). The molecule has 0 unspecified atom stereocenters. The summed E-state index contributed by atoms with van der Waals surface area (Å²) in [5.74, 6) is 0. The average Bonchev–Trinajstić information content (AvgIpc) is 2.34. The maximum absolute atomic E-state index is 4.24. The molecule has 10 heavy (non-hydrogen) atoms. The summed E-state index contributed by atoms with van der Waals surface area (Å²) in [6, 6.07) is 0. The zero-order valence-electron chi connectivity index (χ0n) is 5.96. The molecule has 0 aromatic rings. The lowest BCUT2D eigenvalue weighted by Gasteiger charge is -2.03. The van der Waals surface area contributed by atoms with Gasteiger partial charge in [0, 0.05) is 11.8 Å². The molecule has 1 nitrogen and oxygen atoms in total. The first-order chi connectivity index (χ1) is 4.88. The second-order valence-corrected chi connectivity index (χ2v) is 2.58. The number of hydrogen-bond donors (Lipinski definition) is 0. The maximum Gasteiger partial charge on any atom is 0.0699 e. The Morgan fingerprint density at radius 2 is 2.40 bits per heavy atom. The predicted molar refractivity (Wildman–Crippen MR) is 43.0 cm³/mol. The van der Waals surface area contributed by atoms with Crippen LogP contribution in [0.3, 0.4) is 0 Å². The Morgan fingerprint density at radius 1 is 1.50 bits per heavy atom. The van der Waals surface area contributed by atoms with Crippen molar-refractivity contribution in [1.82, 2.24) is 0 Å². The number of hydrogen-bond acceptors (Lipinski definition) is 1. The van der Waals surface area contributed by atoms with E-state index in [2.05, 4.69) is 30.1 Å². The van der Waals surface area contributed by atoms with Crippen molar-refractivity contribution in [3.05, 3.63) is 35.6 Å². The summed E-state index contributed by atoms with van der Waals surface area (Å²) in [6.07, 6.45) is 9.42. The van der Waals surface area contributed by atoms with Gasteiger partial charge >= 0.3 is 0 Å². The van der Waals surface area contributed by atoms with Crippen LogP contribution in [0.2, 0.25) is 0 Å². The molecular formula is C9H9N. The van der Waals surface area contributed by atoms with Crippen LogP contribution in [0.5, 0.6) is 0 Å². The van der Waals surface area contributed by atoms with E-state index in [1.165, 1.54) is 11.1 Å². The molecule has 0 saturated heterocycles. The third kappa shape index (κ3) is 0.670. The molecule has 1 heteroatoms. The van der Waals surface area contributed by atoms with Gasteiger partial charge in [0.25, 0.3) is 0 Å². The van der Waals surface area contributed by atoms with Crippen LogP contribution in [0.1, 0.15) is 13.3 Å². The third-order valence-electron chi connectivity index (χ3n) is 1.83. The van der Waals surface area contributed by atoms with Crippen LogP contribution in [0, 0.1) is 0 Å². The van der Waals surface area contributed by atoms with Gasteiger partial charge < -0.3 is 0 Å². The summed E-state index contributed by atoms with van der Waals surface area (Å²) in [5.41, 5.74) is 3.74. The van der Waals surface area contributed by atoms with E-state index in [0.717, 1.165) is 12.1 Å². The van der Waals surface area contributed by atoms with Crippen molar-refractivity contribution in [3.63, 3.8) is 0 Å². The van der Waals surface area contributed by atoms with E-state index in [-0.39, 0.29) is 0 Å². The summed E-state index contributed by atoms with van der Waals surface area (Å²) in [6.45, 7) is 2.10. The molecule has 1 heterocycles. The van der Waals surface area contributed by atoms with E-state index in [0.29, 0.717) is 0 Å². The lowest BCUT2D eigenvalue weighted by atomic mass is 10.00. The number of fused-ring (bicyclic) bond motifs is 1. The van der Waals surface area contributed by atoms with Gasteiger partial charge in [0.1, 0.15) is 0 Å². The minimum atomic E-state index is 1.06. The van der Waals surface area contributed by atoms with Crippen LogP contribution in [0.15, 0.2) is 40.6 Å². The quantitative estimate of drug-likeness (QED) is 0.478. The molecule has 0 saturated carbocycles. The number of allylic oxidation sites excluding steroid dienone is 5. The van der Waals surface area contributed by atoms with Crippen LogP contribution in [0.4, 0.5) is 0 Å². The first-order valence-electron chi connectivity index (χ1n) is 3.50. The highest BCUT2D eigenvalue weighted by molar-refractivity contribution is 6.13. The van der Waals surface area contributed by atoms with E-state index in [9.17, 15) is 0 Å². The highest BCUT2D eigenvalue weighted by atomic mass is 14.7. The summed E-state index contributed by atoms with van der Waals surface area (Å²) in [7, 11) is 0. The van der Waals surface area contributed by atoms with Crippen LogP contribution in [0.25, 0.3) is 0 Å². The third-order valence-corrected chi connectivity index (χ3v) is 1.83. The molecule has 0 fully saturated rings. The van der Waals surface area contributed by atoms with Gasteiger partial charge in [-0.3, -0.25) is 4.99 Å². The molecule has 0 radical (unpaired) electrons. The van der Waals surface area contributed by atoms with Crippen molar-refractivity contribution < 1.29 is 0 Å². The monoisotopic (exact) mass is 131 g/mol. The molecule has 0 bridgehead atoms. The molecule has 2 aliphatic rings. The Balaban J connectivity index is 2.45. The molecule has 0 atom stereocenters. The van der Waals surface area contributed by atoms with Crippen molar-refractivity contribution in [2.45, 2.75) is 13.3 Å². The minimum absolute atomic E-state index is 1.06. The van der Waals surface area contributed by atoms with Crippen molar-refractivity contribution in [1.29, 1.82) is 0 Å². The van der Waals surface area contributed by atoms with Gasteiger partial charge in [0.05, 0.1) is 5.71 Å². The van der Waals surface area contributed by atoms with Gasteiger partial charge in [-0.2, -0.15) is 0 Å². The molecule has 0 aromatic carbocycles. The van der Waals surface area contributed by atoms with Crippen molar-refractivity contribution in [2.24, 2.45) is 4.99 Å². The molecule has 0 aromatic heterocycles. The van der Waals surface area contributed by atoms with Crippen molar-refractivity contribution >= 4 is 5.71 Å². The van der Waals surface area contributed by atoms with Crippen LogP contribution >= 0.6 is 0 Å². The SMILES string of the molecule is CC1=CN=C2C=CCC=C12. The number of aliphatic imine (C=N–C) groups is 1. The molecule has 0 amide bonds. The molecule has 1 aliphatic heterocycles. The highest BCUT2D eigenvalue weighted by Crippen LogP contribution is 2.22. The Labute approximate surface area is 60.5 Å². The fourth-order valence-electron chi connectivity index (χ4n) is 1.27. The van der Waals surface area contributed by atoms with E-state index in [1.54, 1.807) is 0 Å². The number of rotatable bonds is 0. The van der Waals surface area contributed by atoms with Gasteiger partial charge in [0.15, 0.2) is 0 Å². The Bertz CT molecular complexity index is 277. The Hall–Kier alpha value is -1.11. The first kappa shape index (κ1) is 5.66. The van der Waals surface area contributed by atoms with Gasteiger partial charge in [0.2, 0.25) is 0 Å². The fraction of sp³-hybridized carbons (Fsp3) is 0.222. The van der Waals surface area contributed by atoms with Gasteiger partial charge in [-0.1, -0.05) is 12.2 Å². The average molecular weight is 131 g/mol. The van der Waals surface area contributed by atoms with Gasteiger partial charge in [-0.15, -0.1) is 0 Å². The lowest BCUT2D eigenvalue weighted by Crippen LogP contribution is -1.98. The van der Waals surface area contributed by atoms with E-state index >= 15 is 0 Å². The smallest absolute Gasteiger partial charge is 0.0699 e. The maximum atomic E-state index is 4.24. The topological polar surface area (TPSA) is 12.4 Å². The summed E-state index contributed by atoms with van der Waals surface area (Å²) in [5, 5.41) is 0. The van der Waals surface area contributed by atoms with E-state index in [1.807, 2.05) is 6.20 Å². The number of nitrogens with zero attached hydrogens (tertiary/aromatic N) is 1. The zero-order chi connectivity index (χ0) is 6.97. The largest absolute Gasteiger partial charge is 0.256 e. The summed E-state index contributed by atoms with van der Waals surface area (Å²) < 4.78 is 0. The predicted octanol–water partition coefficient (Wildman–Crippen LogP) is 2.23. The van der Waals surface area contributed by atoms with Crippen molar-refractivity contribution in [2.75, 3.05) is 0 Å². The zero-order valence-corrected chi connectivity index (χ0v) is 5.96. The molecule has 50 valence electrons. The second kappa shape index (κ2) is 1.94. The Kier molecular flexibility index (Phi) is 1.10. The molecule has 0 N–H and O–H groups in total. The van der Waals surface area contributed by atoms with E-state index in [4.69, 9.17) is 0 Å². The van der Waals surface area contributed by atoms with Crippen molar-refractivity contribution in [3.8, 4) is 0 Å². The first-order valence-corrected chi connectivity index (χ1v) is 3.50. The molecule has 0 spiro atoms. The van der Waals surface area contributed by atoms with Gasteiger partial charge in [-0.05, 0) is 25.0 Å². The fourth-order valence-corrected chi connectivity index (χ4v) is 1.27. The second-order valence-electron chi connectivity index (χ2n) is 2.58. The van der Waals surface area contributed by atoms with Crippen LogP contribution in [-0.2, 0) is 0 Å². The normalized spacial score (nSPS) is 21.5. The minimum Gasteiger partial charge on any atom is -0.256 e. The standard InChI is InChI=1S/C9H9N/c1-7-6-10-9-5-3-2-4-8(7)9/h3-6H,2H2,1H3. The van der Waals surface area contributed by atoms with Gasteiger partial charge in [-0.25, -0.2) is 0 Å². The lowest BCUT2D eigenvalue weighted by molar-refractivity contribution is 1.33. The summed E-state index contributed by atoms with van der Waals surface area (Å²) in [4.78, 5) is 4.24. The van der Waals surface area contributed by atoms with Crippen LogP contribution in [-0.4, -0.2) is 5.71 Å². The Morgan fingerprint density at radius 3 is 3.20 bits per heavy atom.